The van der Waals surface area contributed by atoms with Crippen LogP contribution in [-0.4, -0.2) is 11.0 Å². The Morgan fingerprint density at radius 1 is 1.40 bits per heavy atom. The number of aromatic nitrogens is 1. The largest absolute Gasteiger partial charge is 0.396 e. The number of nitriles is 1. The Kier molecular flexibility index (Phi) is 4.16. The second-order valence-electron chi connectivity index (χ2n) is 4.65. The molecule has 4 nitrogen and oxygen atoms in total. The number of benzene rings is 1. The molecule has 3 N–H and O–H groups in total. The number of anilines is 2. The lowest BCUT2D eigenvalue weighted by molar-refractivity contribution is 0.626. The Morgan fingerprint density at radius 2 is 2.10 bits per heavy atom. The normalized spacial score (nSPS) is 11.7. The summed E-state index contributed by atoms with van der Waals surface area (Å²) >= 11 is 0. The monoisotopic (exact) mass is 270 g/mol. The van der Waals surface area contributed by atoms with Gasteiger partial charge in [-0.05, 0) is 37.1 Å². The van der Waals surface area contributed by atoms with Crippen molar-refractivity contribution in [2.75, 3.05) is 11.1 Å². The van der Waals surface area contributed by atoms with Crippen molar-refractivity contribution in [3.05, 3.63) is 53.5 Å². The molecule has 0 aliphatic carbocycles. The van der Waals surface area contributed by atoms with E-state index in [1.807, 2.05) is 13.0 Å². The van der Waals surface area contributed by atoms with Crippen LogP contribution < -0.4 is 11.1 Å². The zero-order valence-electron chi connectivity index (χ0n) is 11.1. The van der Waals surface area contributed by atoms with E-state index in [0.717, 1.165) is 12.0 Å². The van der Waals surface area contributed by atoms with Crippen molar-refractivity contribution in [1.82, 2.24) is 4.98 Å². The van der Waals surface area contributed by atoms with Crippen LogP contribution in [0.4, 0.5) is 15.9 Å². The number of pyridine rings is 1. The molecule has 0 saturated heterocycles. The van der Waals surface area contributed by atoms with Crippen molar-refractivity contribution >= 4 is 11.5 Å². The molecule has 1 aromatic heterocycles. The number of hydrogen-bond acceptors (Lipinski definition) is 4. The van der Waals surface area contributed by atoms with Crippen LogP contribution >= 0.6 is 0 Å². The smallest absolute Gasteiger partial charge is 0.149 e. The van der Waals surface area contributed by atoms with Crippen molar-refractivity contribution in [3.63, 3.8) is 0 Å². The first-order chi connectivity index (χ1) is 9.58. The second kappa shape index (κ2) is 6.02. The minimum atomic E-state index is -0.243. The van der Waals surface area contributed by atoms with Crippen LogP contribution in [0.5, 0.6) is 0 Å². The first-order valence-corrected chi connectivity index (χ1v) is 6.25. The van der Waals surface area contributed by atoms with Crippen LogP contribution in [0.1, 0.15) is 18.1 Å². The Bertz CT molecular complexity index is 631. The molecule has 2 rings (SSSR count). The molecule has 1 unspecified atom stereocenters. The van der Waals surface area contributed by atoms with Gasteiger partial charge in [0.2, 0.25) is 0 Å². The fourth-order valence-electron chi connectivity index (χ4n) is 1.92. The average Bonchev–Trinajstić information content (AvgIpc) is 2.43. The quantitative estimate of drug-likeness (QED) is 0.895. The molecular formula is C15H15FN4. The molecule has 0 aliphatic rings. The number of nitrogens with two attached hydrogens (primary N) is 1. The first-order valence-electron chi connectivity index (χ1n) is 6.25. The molecule has 5 heteroatoms. The van der Waals surface area contributed by atoms with E-state index in [2.05, 4.69) is 10.3 Å². The number of nitrogens with zero attached hydrogens (tertiary/aromatic N) is 2. The SMILES string of the molecule is CC(Cc1ccc(F)cc1)Nc1ncc(C#N)cc1N. The third-order valence-electron chi connectivity index (χ3n) is 2.88. The molecule has 2 aromatic rings. The average molecular weight is 270 g/mol. The topological polar surface area (TPSA) is 74.7 Å². The van der Waals surface area contributed by atoms with Crippen LogP contribution in [0.2, 0.25) is 0 Å². The molecule has 1 atom stereocenters. The molecule has 102 valence electrons. The molecule has 0 fully saturated rings. The molecular weight excluding hydrogens is 255 g/mol. The first kappa shape index (κ1) is 13.8. The predicted octanol–water partition coefficient (Wildman–Crippen LogP) is 2.72. The van der Waals surface area contributed by atoms with Gasteiger partial charge in [0, 0.05) is 12.2 Å². The minimum absolute atomic E-state index is 0.0863. The van der Waals surface area contributed by atoms with E-state index < -0.39 is 0 Å². The van der Waals surface area contributed by atoms with Crippen LogP contribution in [0.15, 0.2) is 36.5 Å². The third kappa shape index (κ3) is 3.45. The molecule has 1 heterocycles. The van der Waals surface area contributed by atoms with E-state index >= 15 is 0 Å². The van der Waals surface area contributed by atoms with Crippen molar-refractivity contribution in [1.29, 1.82) is 5.26 Å². The summed E-state index contributed by atoms with van der Waals surface area (Å²) in [5.74, 6) is 0.311. The van der Waals surface area contributed by atoms with Crippen molar-refractivity contribution in [2.24, 2.45) is 0 Å². The Morgan fingerprint density at radius 3 is 2.70 bits per heavy atom. The fourth-order valence-corrected chi connectivity index (χ4v) is 1.92. The van der Waals surface area contributed by atoms with Gasteiger partial charge in [-0.15, -0.1) is 0 Å². The van der Waals surface area contributed by atoms with Gasteiger partial charge in [0.1, 0.15) is 17.7 Å². The summed E-state index contributed by atoms with van der Waals surface area (Å²) in [6.07, 6.45) is 2.20. The van der Waals surface area contributed by atoms with E-state index in [-0.39, 0.29) is 11.9 Å². The van der Waals surface area contributed by atoms with Crippen LogP contribution in [-0.2, 0) is 6.42 Å². The van der Waals surface area contributed by atoms with Gasteiger partial charge in [0.05, 0.1) is 11.3 Å². The third-order valence-corrected chi connectivity index (χ3v) is 2.88. The highest BCUT2D eigenvalue weighted by molar-refractivity contribution is 5.63. The Hall–Kier alpha value is -2.61. The molecule has 0 aliphatic heterocycles. The molecule has 0 radical (unpaired) electrons. The van der Waals surface area contributed by atoms with Crippen molar-refractivity contribution in [2.45, 2.75) is 19.4 Å². The lowest BCUT2D eigenvalue weighted by Gasteiger charge is -2.16. The van der Waals surface area contributed by atoms with Crippen LogP contribution in [0, 0.1) is 17.1 Å². The Labute approximate surface area is 117 Å². The highest BCUT2D eigenvalue weighted by Gasteiger charge is 2.08. The van der Waals surface area contributed by atoms with Gasteiger partial charge in [-0.1, -0.05) is 12.1 Å². The molecule has 0 saturated carbocycles. The van der Waals surface area contributed by atoms with Gasteiger partial charge in [-0.25, -0.2) is 9.37 Å². The highest BCUT2D eigenvalue weighted by atomic mass is 19.1. The van der Waals surface area contributed by atoms with Gasteiger partial charge >= 0.3 is 0 Å². The lowest BCUT2D eigenvalue weighted by atomic mass is 10.1. The minimum Gasteiger partial charge on any atom is -0.396 e. The Balaban J connectivity index is 2.03. The van der Waals surface area contributed by atoms with Gasteiger partial charge in [0.25, 0.3) is 0 Å². The van der Waals surface area contributed by atoms with E-state index in [4.69, 9.17) is 11.0 Å². The number of nitrogen functional groups attached to an aromatic ring is 1. The van der Waals surface area contributed by atoms with E-state index in [1.165, 1.54) is 18.3 Å². The fraction of sp³-hybridized carbons (Fsp3) is 0.200. The van der Waals surface area contributed by atoms with Gasteiger partial charge < -0.3 is 11.1 Å². The molecule has 20 heavy (non-hydrogen) atoms. The van der Waals surface area contributed by atoms with Crippen molar-refractivity contribution in [3.8, 4) is 6.07 Å². The van der Waals surface area contributed by atoms with E-state index in [0.29, 0.717) is 17.1 Å². The standard InChI is InChI=1S/C15H15FN4/c1-10(6-11-2-4-13(16)5-3-11)20-15-14(18)7-12(8-17)9-19-15/h2-5,7,9-10H,6,18H2,1H3,(H,19,20). The summed E-state index contributed by atoms with van der Waals surface area (Å²) in [4.78, 5) is 4.13. The molecule has 0 bridgehead atoms. The second-order valence-corrected chi connectivity index (χ2v) is 4.65. The summed E-state index contributed by atoms with van der Waals surface area (Å²) in [5, 5.41) is 11.9. The summed E-state index contributed by atoms with van der Waals surface area (Å²) in [7, 11) is 0. The summed E-state index contributed by atoms with van der Waals surface area (Å²) in [5.41, 5.74) is 7.73. The number of rotatable bonds is 4. The number of nitrogens with one attached hydrogen (secondary N) is 1. The van der Waals surface area contributed by atoms with E-state index in [9.17, 15) is 4.39 Å². The summed E-state index contributed by atoms with van der Waals surface area (Å²) in [6, 6.07) is 10.0. The van der Waals surface area contributed by atoms with E-state index in [1.54, 1.807) is 18.2 Å². The summed E-state index contributed by atoms with van der Waals surface area (Å²) in [6.45, 7) is 1.99. The van der Waals surface area contributed by atoms with Gasteiger partial charge in [-0.2, -0.15) is 5.26 Å². The van der Waals surface area contributed by atoms with Crippen molar-refractivity contribution < 1.29 is 4.39 Å². The highest BCUT2D eigenvalue weighted by Crippen LogP contribution is 2.18. The zero-order valence-corrected chi connectivity index (χ0v) is 11.1. The predicted molar refractivity (Wildman–Crippen MR) is 76.6 cm³/mol. The maximum Gasteiger partial charge on any atom is 0.149 e. The number of halogens is 1. The van der Waals surface area contributed by atoms with Gasteiger partial charge in [-0.3, -0.25) is 0 Å². The van der Waals surface area contributed by atoms with Gasteiger partial charge in [0.15, 0.2) is 0 Å². The maximum atomic E-state index is 12.8. The molecule has 0 spiro atoms. The molecule has 0 amide bonds. The molecule has 1 aromatic carbocycles. The van der Waals surface area contributed by atoms with Crippen LogP contribution in [0.25, 0.3) is 0 Å². The zero-order chi connectivity index (χ0) is 14.5. The van der Waals surface area contributed by atoms with Crippen LogP contribution in [0.3, 0.4) is 0 Å². The lowest BCUT2D eigenvalue weighted by Crippen LogP contribution is -2.19. The maximum absolute atomic E-state index is 12.8. The number of hydrogen-bond donors (Lipinski definition) is 2. The summed E-state index contributed by atoms with van der Waals surface area (Å²) < 4.78 is 12.8.